The third kappa shape index (κ3) is 4.12. The molecule has 0 aromatic heterocycles. The van der Waals surface area contributed by atoms with E-state index in [2.05, 4.69) is 32.9 Å². The average molecular weight is 213 g/mol. The van der Waals surface area contributed by atoms with Crippen LogP contribution in [0.4, 0.5) is 0 Å². The van der Waals surface area contributed by atoms with Crippen LogP contribution in [0.3, 0.4) is 0 Å². The van der Waals surface area contributed by atoms with Gasteiger partial charge in [-0.3, -0.25) is 0 Å². The Labute approximate surface area is 91.0 Å². The highest BCUT2D eigenvalue weighted by Gasteiger charge is 2.09. The van der Waals surface area contributed by atoms with E-state index in [-0.39, 0.29) is 5.60 Å². The quantitative estimate of drug-likeness (QED) is 0.694. The minimum Gasteiger partial charge on any atom is -0.371 e. The smallest absolute Gasteiger partial charge is 0.0724 e. The number of alkyl halides is 1. The van der Waals surface area contributed by atoms with E-state index < -0.39 is 0 Å². The molecule has 0 unspecified atom stereocenters. The van der Waals surface area contributed by atoms with E-state index in [0.29, 0.717) is 12.5 Å². The van der Waals surface area contributed by atoms with Crippen molar-refractivity contribution >= 4 is 11.6 Å². The van der Waals surface area contributed by atoms with Crippen LogP contribution in [-0.4, -0.2) is 5.60 Å². The molecule has 1 aromatic rings. The Hall–Kier alpha value is -0.530. The first-order valence-electron chi connectivity index (χ1n) is 4.79. The molecule has 0 spiro atoms. The molecule has 0 atom stereocenters. The highest BCUT2D eigenvalue weighted by molar-refractivity contribution is 6.17. The van der Waals surface area contributed by atoms with Crippen LogP contribution >= 0.6 is 11.6 Å². The summed E-state index contributed by atoms with van der Waals surface area (Å²) in [6.45, 7) is 6.83. The Kier molecular flexibility index (Phi) is 3.97. The summed E-state index contributed by atoms with van der Waals surface area (Å²) in [6.07, 6.45) is 0. The molecule has 2 heteroatoms. The van der Waals surface area contributed by atoms with Crippen LogP contribution in [0, 0.1) is 0 Å². The number of halogens is 1. The topological polar surface area (TPSA) is 9.23 Å². The van der Waals surface area contributed by atoms with Crippen LogP contribution in [0.25, 0.3) is 0 Å². The largest absolute Gasteiger partial charge is 0.371 e. The molecular formula is C12H17ClO. The number of hydrogen-bond donors (Lipinski definition) is 0. The summed E-state index contributed by atoms with van der Waals surface area (Å²) in [6, 6.07) is 8.19. The maximum atomic E-state index is 5.70. The van der Waals surface area contributed by atoms with Crippen molar-refractivity contribution in [2.75, 3.05) is 0 Å². The van der Waals surface area contributed by atoms with Gasteiger partial charge in [-0.15, -0.1) is 11.6 Å². The molecule has 0 amide bonds. The van der Waals surface area contributed by atoms with Crippen molar-refractivity contribution < 1.29 is 4.74 Å². The molecular weight excluding hydrogens is 196 g/mol. The molecule has 0 aliphatic carbocycles. The van der Waals surface area contributed by atoms with Gasteiger partial charge in [0.15, 0.2) is 0 Å². The van der Waals surface area contributed by atoms with Crippen molar-refractivity contribution in [2.24, 2.45) is 0 Å². The van der Waals surface area contributed by atoms with E-state index in [1.165, 1.54) is 5.56 Å². The Morgan fingerprint density at radius 2 is 1.57 bits per heavy atom. The van der Waals surface area contributed by atoms with Gasteiger partial charge in [0.2, 0.25) is 0 Å². The van der Waals surface area contributed by atoms with Gasteiger partial charge in [-0.05, 0) is 31.9 Å². The molecule has 0 N–H and O–H groups in total. The third-order valence-corrected chi connectivity index (χ3v) is 2.16. The summed E-state index contributed by atoms with van der Waals surface area (Å²) in [5.41, 5.74) is 2.26. The first-order chi connectivity index (χ1) is 6.51. The molecule has 0 aliphatic rings. The van der Waals surface area contributed by atoms with Crippen LogP contribution in [0.15, 0.2) is 24.3 Å². The summed E-state index contributed by atoms with van der Waals surface area (Å²) in [4.78, 5) is 0. The predicted molar refractivity (Wildman–Crippen MR) is 60.5 cm³/mol. The van der Waals surface area contributed by atoms with Crippen LogP contribution in [-0.2, 0) is 17.2 Å². The maximum Gasteiger partial charge on any atom is 0.0724 e. The number of rotatable bonds is 3. The Morgan fingerprint density at radius 1 is 1.07 bits per heavy atom. The molecule has 14 heavy (non-hydrogen) atoms. The first kappa shape index (κ1) is 11.5. The zero-order valence-corrected chi connectivity index (χ0v) is 9.77. The highest BCUT2D eigenvalue weighted by atomic mass is 35.5. The lowest BCUT2D eigenvalue weighted by molar-refractivity contribution is -0.0149. The molecule has 0 fully saturated rings. The molecule has 1 nitrogen and oxygen atoms in total. The zero-order valence-electron chi connectivity index (χ0n) is 9.01. The van der Waals surface area contributed by atoms with Crippen molar-refractivity contribution in [1.29, 1.82) is 0 Å². The van der Waals surface area contributed by atoms with Gasteiger partial charge in [0.05, 0.1) is 12.2 Å². The first-order valence-corrected chi connectivity index (χ1v) is 5.32. The lowest BCUT2D eigenvalue weighted by atomic mass is 10.1. The van der Waals surface area contributed by atoms with Gasteiger partial charge in [-0.2, -0.15) is 0 Å². The fourth-order valence-electron chi connectivity index (χ4n) is 1.02. The minimum absolute atomic E-state index is 0.0782. The molecule has 0 bridgehead atoms. The molecule has 1 aromatic carbocycles. The minimum atomic E-state index is -0.0782. The summed E-state index contributed by atoms with van der Waals surface area (Å²) in [7, 11) is 0. The predicted octanol–water partition coefficient (Wildman–Crippen LogP) is 3.74. The summed E-state index contributed by atoms with van der Waals surface area (Å²) in [5, 5.41) is 0. The van der Waals surface area contributed by atoms with Gasteiger partial charge in [0, 0.05) is 5.88 Å². The van der Waals surface area contributed by atoms with Gasteiger partial charge in [-0.1, -0.05) is 24.3 Å². The summed E-state index contributed by atoms with van der Waals surface area (Å²) < 4.78 is 5.66. The molecule has 0 radical (unpaired) electrons. The zero-order chi connectivity index (χ0) is 10.6. The summed E-state index contributed by atoms with van der Waals surface area (Å²) >= 11 is 5.70. The van der Waals surface area contributed by atoms with Crippen molar-refractivity contribution in [3.05, 3.63) is 35.4 Å². The second-order valence-corrected chi connectivity index (χ2v) is 4.62. The van der Waals surface area contributed by atoms with Crippen molar-refractivity contribution in [2.45, 2.75) is 38.9 Å². The van der Waals surface area contributed by atoms with E-state index in [0.717, 1.165) is 5.56 Å². The van der Waals surface area contributed by atoms with E-state index in [1.807, 2.05) is 12.1 Å². The standard InChI is InChI=1S/C12H17ClO/c1-12(2,3)14-9-11-6-4-10(8-13)5-7-11/h4-7H,8-9H2,1-3H3. The van der Waals surface area contributed by atoms with Crippen LogP contribution in [0.5, 0.6) is 0 Å². The molecule has 0 aliphatic heterocycles. The molecule has 0 saturated heterocycles. The van der Waals surface area contributed by atoms with Crippen LogP contribution in [0.1, 0.15) is 31.9 Å². The Bertz CT molecular complexity index is 271. The van der Waals surface area contributed by atoms with Gasteiger partial charge < -0.3 is 4.74 Å². The van der Waals surface area contributed by atoms with Crippen LogP contribution in [0.2, 0.25) is 0 Å². The summed E-state index contributed by atoms with van der Waals surface area (Å²) in [5.74, 6) is 0.570. The average Bonchev–Trinajstić information content (AvgIpc) is 2.14. The van der Waals surface area contributed by atoms with Gasteiger partial charge in [0.25, 0.3) is 0 Å². The molecule has 0 saturated carbocycles. The van der Waals surface area contributed by atoms with E-state index in [4.69, 9.17) is 16.3 Å². The number of ether oxygens (including phenoxy) is 1. The van der Waals surface area contributed by atoms with Crippen LogP contribution < -0.4 is 0 Å². The van der Waals surface area contributed by atoms with E-state index in [9.17, 15) is 0 Å². The van der Waals surface area contributed by atoms with E-state index >= 15 is 0 Å². The lowest BCUT2D eigenvalue weighted by Crippen LogP contribution is -2.18. The SMILES string of the molecule is CC(C)(C)OCc1ccc(CCl)cc1. The molecule has 78 valence electrons. The second kappa shape index (κ2) is 4.81. The maximum absolute atomic E-state index is 5.70. The monoisotopic (exact) mass is 212 g/mol. The number of hydrogen-bond acceptors (Lipinski definition) is 1. The molecule has 1 rings (SSSR count). The van der Waals surface area contributed by atoms with Gasteiger partial charge >= 0.3 is 0 Å². The molecule has 0 heterocycles. The normalized spacial score (nSPS) is 11.7. The second-order valence-electron chi connectivity index (χ2n) is 4.35. The van der Waals surface area contributed by atoms with Crippen molar-refractivity contribution in [1.82, 2.24) is 0 Å². The third-order valence-electron chi connectivity index (χ3n) is 1.85. The Morgan fingerprint density at radius 3 is 2.00 bits per heavy atom. The van der Waals surface area contributed by atoms with Crippen molar-refractivity contribution in [3.63, 3.8) is 0 Å². The fraction of sp³-hybridized carbons (Fsp3) is 0.500. The van der Waals surface area contributed by atoms with E-state index in [1.54, 1.807) is 0 Å². The van der Waals surface area contributed by atoms with Gasteiger partial charge in [-0.25, -0.2) is 0 Å². The lowest BCUT2D eigenvalue weighted by Gasteiger charge is -2.19. The van der Waals surface area contributed by atoms with Gasteiger partial charge in [0.1, 0.15) is 0 Å². The highest BCUT2D eigenvalue weighted by Crippen LogP contribution is 2.13. The fourth-order valence-corrected chi connectivity index (χ4v) is 1.20. The number of benzene rings is 1. The van der Waals surface area contributed by atoms with Crippen molar-refractivity contribution in [3.8, 4) is 0 Å². The Balaban J connectivity index is 2.52.